The highest BCUT2D eigenvalue weighted by Crippen LogP contribution is 2.28. The van der Waals surface area contributed by atoms with E-state index in [2.05, 4.69) is 65.1 Å². The second-order valence-corrected chi connectivity index (χ2v) is 8.99. The number of benzene rings is 1. The van der Waals surface area contributed by atoms with Crippen LogP contribution in [0, 0.1) is 12.8 Å². The number of rotatable bonds is 4. The number of likely N-dealkylation sites (N-methyl/N-ethyl adjacent to an activating group) is 1. The van der Waals surface area contributed by atoms with Crippen LogP contribution in [0.5, 0.6) is 0 Å². The Hall–Kier alpha value is -2.61. The molecule has 162 valence electrons. The Labute approximate surface area is 178 Å². The van der Waals surface area contributed by atoms with Crippen molar-refractivity contribution in [1.82, 2.24) is 24.9 Å². The zero-order valence-corrected chi connectivity index (χ0v) is 18.3. The largest absolute Gasteiger partial charge is 0.340 e. The molecule has 0 radical (unpaired) electrons. The van der Waals surface area contributed by atoms with Gasteiger partial charge in [0.2, 0.25) is 0 Å². The van der Waals surface area contributed by atoms with E-state index in [1.54, 1.807) is 7.05 Å². The summed E-state index contributed by atoms with van der Waals surface area (Å²) in [5.74, 6) is 1.20. The van der Waals surface area contributed by atoms with Crippen molar-refractivity contribution in [2.45, 2.75) is 39.5 Å². The maximum atomic E-state index is 12.8. The average molecular weight is 413 g/mol. The molecule has 3 heterocycles. The lowest BCUT2D eigenvalue weighted by molar-refractivity contribution is -0.127. The molecule has 1 N–H and O–H groups in total. The number of nitrogens with zero attached hydrogens (tertiary/aromatic N) is 5. The normalized spacial score (nSPS) is 25.0. The molecule has 0 spiro atoms. The highest BCUT2D eigenvalue weighted by atomic mass is 16.2. The van der Waals surface area contributed by atoms with Crippen LogP contribution in [-0.4, -0.2) is 89.5 Å². The first kappa shape index (κ1) is 20.7. The molecule has 2 atom stereocenters. The Morgan fingerprint density at radius 1 is 1.10 bits per heavy atom. The summed E-state index contributed by atoms with van der Waals surface area (Å²) in [4.78, 5) is 38.2. The Kier molecular flexibility index (Phi) is 5.69. The fourth-order valence-corrected chi connectivity index (χ4v) is 4.48. The van der Waals surface area contributed by atoms with Gasteiger partial charge in [0.25, 0.3) is 5.91 Å². The van der Waals surface area contributed by atoms with Gasteiger partial charge in [-0.25, -0.2) is 9.79 Å². The molecule has 2 saturated heterocycles. The lowest BCUT2D eigenvalue weighted by Gasteiger charge is -2.40. The first-order valence-electron chi connectivity index (χ1n) is 10.8. The third-order valence-corrected chi connectivity index (χ3v) is 6.09. The molecule has 2 fully saturated rings. The van der Waals surface area contributed by atoms with Gasteiger partial charge >= 0.3 is 6.03 Å². The molecule has 3 amide bonds. The van der Waals surface area contributed by atoms with Crippen LogP contribution in [0.4, 0.5) is 4.79 Å². The first-order chi connectivity index (χ1) is 14.3. The summed E-state index contributed by atoms with van der Waals surface area (Å²) in [6, 6.07) is 7.47. The fourth-order valence-electron chi connectivity index (χ4n) is 4.48. The second kappa shape index (κ2) is 8.26. The standard InChI is InChI=1S/C22H32N6O2/c1-15(2)13-26-9-11-27(12-10-26)21-23-19-18(20(29)24-22(30)25(19)4)28(21)14-17-7-5-16(3)6-8-17/h5-8,15,18-19H,9-14H2,1-4H3,(H,24,29,30). The molecule has 0 saturated carbocycles. The predicted molar refractivity (Wildman–Crippen MR) is 116 cm³/mol. The number of aliphatic imine (C=N–C) groups is 1. The van der Waals surface area contributed by atoms with Crippen LogP contribution in [0.25, 0.3) is 0 Å². The van der Waals surface area contributed by atoms with E-state index >= 15 is 0 Å². The van der Waals surface area contributed by atoms with E-state index in [0.717, 1.165) is 44.2 Å². The number of aryl methyl sites for hydroxylation is 1. The molecule has 0 bridgehead atoms. The zero-order chi connectivity index (χ0) is 21.4. The third-order valence-electron chi connectivity index (χ3n) is 6.09. The predicted octanol–water partition coefficient (Wildman–Crippen LogP) is 1.32. The number of imide groups is 1. The van der Waals surface area contributed by atoms with Crippen LogP contribution >= 0.6 is 0 Å². The van der Waals surface area contributed by atoms with Gasteiger partial charge in [-0.15, -0.1) is 0 Å². The van der Waals surface area contributed by atoms with E-state index < -0.39 is 12.2 Å². The monoisotopic (exact) mass is 412 g/mol. The van der Waals surface area contributed by atoms with E-state index in [9.17, 15) is 9.59 Å². The molecule has 2 unspecified atom stereocenters. The number of carbonyl (C=O) groups excluding carboxylic acids is 2. The maximum absolute atomic E-state index is 12.8. The van der Waals surface area contributed by atoms with Gasteiger partial charge in [-0.1, -0.05) is 43.7 Å². The number of piperazine rings is 1. The van der Waals surface area contributed by atoms with Crippen molar-refractivity contribution < 1.29 is 9.59 Å². The van der Waals surface area contributed by atoms with Crippen molar-refractivity contribution in [2.75, 3.05) is 39.8 Å². The van der Waals surface area contributed by atoms with Crippen molar-refractivity contribution in [1.29, 1.82) is 0 Å². The van der Waals surface area contributed by atoms with E-state index in [1.165, 1.54) is 10.5 Å². The first-order valence-corrected chi connectivity index (χ1v) is 10.8. The maximum Gasteiger partial charge on any atom is 0.325 e. The van der Waals surface area contributed by atoms with Crippen LogP contribution in [0.3, 0.4) is 0 Å². The summed E-state index contributed by atoms with van der Waals surface area (Å²) < 4.78 is 0. The van der Waals surface area contributed by atoms with Gasteiger partial charge in [0.15, 0.2) is 18.2 Å². The number of guanidine groups is 1. The highest BCUT2D eigenvalue weighted by Gasteiger charge is 2.49. The van der Waals surface area contributed by atoms with Crippen molar-refractivity contribution in [3.63, 3.8) is 0 Å². The Morgan fingerprint density at radius 2 is 1.77 bits per heavy atom. The summed E-state index contributed by atoms with van der Waals surface area (Å²) in [5, 5.41) is 2.48. The lowest BCUT2D eigenvalue weighted by atomic mass is 10.1. The molecule has 4 rings (SSSR count). The van der Waals surface area contributed by atoms with Gasteiger partial charge in [0, 0.05) is 46.3 Å². The van der Waals surface area contributed by atoms with Gasteiger partial charge in [-0.3, -0.25) is 15.0 Å². The van der Waals surface area contributed by atoms with Crippen molar-refractivity contribution in [3.05, 3.63) is 35.4 Å². The molecule has 3 aliphatic rings. The van der Waals surface area contributed by atoms with E-state index in [-0.39, 0.29) is 11.9 Å². The van der Waals surface area contributed by atoms with Crippen LogP contribution in [0.2, 0.25) is 0 Å². The Bertz CT molecular complexity index is 829. The molecule has 0 aliphatic carbocycles. The minimum Gasteiger partial charge on any atom is -0.340 e. The van der Waals surface area contributed by atoms with Crippen LogP contribution in [0.15, 0.2) is 29.3 Å². The smallest absolute Gasteiger partial charge is 0.325 e. The summed E-state index contributed by atoms with van der Waals surface area (Å²) in [5.41, 5.74) is 2.33. The van der Waals surface area contributed by atoms with Crippen molar-refractivity contribution >= 4 is 17.9 Å². The summed E-state index contributed by atoms with van der Waals surface area (Å²) >= 11 is 0. The molecule has 1 aromatic rings. The summed E-state index contributed by atoms with van der Waals surface area (Å²) in [7, 11) is 1.70. The third kappa shape index (κ3) is 4.01. The number of fused-ring (bicyclic) bond motifs is 1. The van der Waals surface area contributed by atoms with Crippen LogP contribution in [0.1, 0.15) is 25.0 Å². The number of nitrogens with one attached hydrogen (secondary N) is 1. The fraction of sp³-hybridized carbons (Fsp3) is 0.591. The van der Waals surface area contributed by atoms with Crippen LogP contribution < -0.4 is 5.32 Å². The van der Waals surface area contributed by atoms with Gasteiger partial charge in [-0.05, 0) is 18.4 Å². The Morgan fingerprint density at radius 3 is 2.40 bits per heavy atom. The SMILES string of the molecule is Cc1ccc(CN2C(N3CCN(CC(C)C)CC3)=NC3C2C(=O)NC(=O)N3C)cc1. The van der Waals surface area contributed by atoms with Gasteiger partial charge in [-0.2, -0.15) is 0 Å². The van der Waals surface area contributed by atoms with E-state index in [4.69, 9.17) is 4.99 Å². The van der Waals surface area contributed by atoms with Crippen molar-refractivity contribution in [3.8, 4) is 0 Å². The minimum absolute atomic E-state index is 0.271. The number of urea groups is 1. The summed E-state index contributed by atoms with van der Waals surface area (Å²) in [6.07, 6.45) is -0.486. The molecule has 0 aromatic heterocycles. The topological polar surface area (TPSA) is 71.5 Å². The van der Waals surface area contributed by atoms with E-state index in [0.29, 0.717) is 12.5 Å². The number of carbonyl (C=O) groups is 2. The molecule has 8 nitrogen and oxygen atoms in total. The van der Waals surface area contributed by atoms with Gasteiger partial charge in [0.1, 0.15) is 0 Å². The molecular formula is C22H32N6O2. The highest BCUT2D eigenvalue weighted by molar-refractivity contribution is 6.03. The van der Waals surface area contributed by atoms with E-state index in [1.807, 2.05) is 0 Å². The van der Waals surface area contributed by atoms with Crippen molar-refractivity contribution in [2.24, 2.45) is 10.9 Å². The van der Waals surface area contributed by atoms with Gasteiger partial charge < -0.3 is 14.7 Å². The molecule has 30 heavy (non-hydrogen) atoms. The second-order valence-electron chi connectivity index (χ2n) is 8.99. The summed E-state index contributed by atoms with van der Waals surface area (Å²) in [6.45, 7) is 11.9. The lowest BCUT2D eigenvalue weighted by Crippen LogP contribution is -2.64. The zero-order valence-electron chi connectivity index (χ0n) is 18.3. The molecule has 1 aromatic carbocycles. The molecular weight excluding hydrogens is 380 g/mol. The average Bonchev–Trinajstić information content (AvgIpc) is 3.08. The van der Waals surface area contributed by atoms with Crippen LogP contribution in [-0.2, 0) is 11.3 Å². The number of hydrogen-bond donors (Lipinski definition) is 1. The van der Waals surface area contributed by atoms with Gasteiger partial charge in [0.05, 0.1) is 0 Å². The quantitative estimate of drug-likeness (QED) is 0.808. The number of amides is 3. The minimum atomic E-state index is -0.502. The number of hydrogen-bond acceptors (Lipinski definition) is 6. The molecule has 8 heteroatoms. The molecule has 3 aliphatic heterocycles. The Balaban J connectivity index is 1.58.